The highest BCUT2D eigenvalue weighted by Crippen LogP contribution is 2.23. The molecule has 7 heteroatoms. The van der Waals surface area contributed by atoms with Gasteiger partial charge >= 0.3 is 0 Å². The van der Waals surface area contributed by atoms with Crippen LogP contribution in [-0.2, 0) is 6.54 Å². The molecule has 1 amide bonds. The Morgan fingerprint density at radius 3 is 2.96 bits per heavy atom. The number of carbonyl (C=O) groups is 1. The summed E-state index contributed by atoms with van der Waals surface area (Å²) in [5.41, 5.74) is 1.06. The first-order valence-electron chi connectivity index (χ1n) is 7.02. The van der Waals surface area contributed by atoms with Crippen molar-refractivity contribution in [1.29, 1.82) is 0 Å². The number of fused-ring (bicyclic) bond motifs is 1. The van der Waals surface area contributed by atoms with Crippen molar-refractivity contribution < 1.29 is 9.53 Å². The van der Waals surface area contributed by atoms with Gasteiger partial charge in [0, 0.05) is 18.4 Å². The van der Waals surface area contributed by atoms with Gasteiger partial charge < -0.3 is 9.30 Å². The van der Waals surface area contributed by atoms with Gasteiger partial charge in [-0.15, -0.1) is 11.3 Å². The topological polar surface area (TPSA) is 43.6 Å². The maximum absolute atomic E-state index is 12.3. The molecule has 120 valence electrons. The quantitative estimate of drug-likeness (QED) is 0.690. The van der Waals surface area contributed by atoms with Crippen molar-refractivity contribution in [3.05, 3.63) is 45.4 Å². The summed E-state index contributed by atoms with van der Waals surface area (Å²) in [6.07, 6.45) is 2.07. The second kappa shape index (κ2) is 7.33. The van der Waals surface area contributed by atoms with Gasteiger partial charge in [-0.25, -0.2) is 0 Å². The Labute approximate surface area is 146 Å². The molecule has 0 atom stereocenters. The predicted molar refractivity (Wildman–Crippen MR) is 99.0 cm³/mol. The minimum absolute atomic E-state index is 0.184. The molecule has 0 N–H and O–H groups in total. The Bertz CT molecular complexity index is 879. The van der Waals surface area contributed by atoms with Gasteiger partial charge in [0.05, 0.1) is 22.2 Å². The van der Waals surface area contributed by atoms with Crippen molar-refractivity contribution in [2.75, 3.05) is 19.1 Å². The molecule has 4 nitrogen and oxygen atoms in total. The van der Waals surface area contributed by atoms with Crippen LogP contribution >= 0.6 is 34.4 Å². The number of aryl methyl sites for hydroxylation is 1. The number of rotatable bonds is 5. The lowest BCUT2D eigenvalue weighted by molar-refractivity contribution is 0.100. The van der Waals surface area contributed by atoms with Crippen molar-refractivity contribution in [2.24, 2.45) is 4.99 Å². The number of hydrogen-bond donors (Lipinski definition) is 0. The van der Waals surface area contributed by atoms with Crippen LogP contribution in [0.25, 0.3) is 10.2 Å². The number of aromatic nitrogens is 1. The van der Waals surface area contributed by atoms with Crippen LogP contribution in [-0.4, -0.2) is 29.6 Å². The van der Waals surface area contributed by atoms with Gasteiger partial charge in [-0.3, -0.25) is 4.79 Å². The van der Waals surface area contributed by atoms with Crippen molar-refractivity contribution in [1.82, 2.24) is 4.57 Å². The van der Waals surface area contributed by atoms with Gasteiger partial charge in [-0.2, -0.15) is 16.8 Å². The summed E-state index contributed by atoms with van der Waals surface area (Å²) in [6.45, 7) is 0.810. The molecule has 0 saturated carbocycles. The standard InChI is InChI=1S/C16H16N2O2S3/c1-20-11-5-6-13-12(10-11)18(7-9-21-2)16(23-13)17-15(19)14-4-3-8-22-14/h3-6,8,10H,7,9H2,1-2H3. The van der Waals surface area contributed by atoms with Crippen molar-refractivity contribution >= 4 is 50.6 Å². The average Bonchev–Trinajstić information content (AvgIpc) is 3.20. The van der Waals surface area contributed by atoms with E-state index in [9.17, 15) is 4.79 Å². The molecule has 0 saturated heterocycles. The maximum atomic E-state index is 12.3. The zero-order valence-electron chi connectivity index (χ0n) is 12.8. The van der Waals surface area contributed by atoms with Crippen molar-refractivity contribution in [2.45, 2.75) is 6.54 Å². The normalized spacial score (nSPS) is 12.0. The average molecular weight is 365 g/mol. The summed E-state index contributed by atoms with van der Waals surface area (Å²) >= 11 is 4.72. The largest absolute Gasteiger partial charge is 0.497 e. The van der Waals surface area contributed by atoms with Crippen molar-refractivity contribution in [3.63, 3.8) is 0 Å². The van der Waals surface area contributed by atoms with Crippen molar-refractivity contribution in [3.8, 4) is 5.75 Å². The molecule has 0 unspecified atom stereocenters. The molecule has 0 aliphatic carbocycles. The van der Waals surface area contributed by atoms with E-state index in [1.54, 1.807) is 24.9 Å². The van der Waals surface area contributed by atoms with Gasteiger partial charge in [0.15, 0.2) is 4.80 Å². The molecule has 23 heavy (non-hydrogen) atoms. The zero-order chi connectivity index (χ0) is 16.2. The summed E-state index contributed by atoms with van der Waals surface area (Å²) in [7, 11) is 1.66. The molecule has 0 bridgehead atoms. The predicted octanol–water partition coefficient (Wildman–Crippen LogP) is 3.88. The summed E-state index contributed by atoms with van der Waals surface area (Å²) in [5, 5.41) is 1.89. The number of benzene rings is 1. The molecule has 3 aromatic rings. The molecule has 0 fully saturated rings. The van der Waals surface area contributed by atoms with Gasteiger partial charge in [0.2, 0.25) is 0 Å². The monoisotopic (exact) mass is 364 g/mol. The minimum atomic E-state index is -0.184. The lowest BCUT2D eigenvalue weighted by Crippen LogP contribution is -2.18. The van der Waals surface area contributed by atoms with Crippen LogP contribution in [0.2, 0.25) is 0 Å². The van der Waals surface area contributed by atoms with E-state index < -0.39 is 0 Å². The lowest BCUT2D eigenvalue weighted by Gasteiger charge is -2.05. The summed E-state index contributed by atoms with van der Waals surface area (Å²) < 4.78 is 8.52. The van der Waals surface area contributed by atoms with Gasteiger partial charge in [0.1, 0.15) is 5.75 Å². The smallest absolute Gasteiger partial charge is 0.289 e. The summed E-state index contributed by atoms with van der Waals surface area (Å²) in [5.74, 6) is 1.59. The van der Waals surface area contributed by atoms with Crippen LogP contribution in [0.4, 0.5) is 0 Å². The number of amides is 1. The molecule has 0 radical (unpaired) electrons. The molecule has 0 aliphatic heterocycles. The SMILES string of the molecule is COc1ccc2sc(=NC(=O)c3cccs3)n(CCSC)c2c1. The van der Waals surface area contributed by atoms with E-state index >= 15 is 0 Å². The minimum Gasteiger partial charge on any atom is -0.497 e. The highest BCUT2D eigenvalue weighted by atomic mass is 32.2. The molecule has 2 aromatic heterocycles. The van der Waals surface area contributed by atoms with E-state index in [2.05, 4.69) is 15.8 Å². The van der Waals surface area contributed by atoms with E-state index in [1.807, 2.05) is 29.6 Å². The van der Waals surface area contributed by atoms with Crippen LogP contribution in [0.15, 0.2) is 40.7 Å². The third kappa shape index (κ3) is 3.52. The Morgan fingerprint density at radius 2 is 2.26 bits per heavy atom. The first-order valence-corrected chi connectivity index (χ1v) is 10.1. The van der Waals surface area contributed by atoms with Crippen LogP contribution in [0.3, 0.4) is 0 Å². The Morgan fingerprint density at radius 1 is 1.39 bits per heavy atom. The zero-order valence-corrected chi connectivity index (χ0v) is 15.3. The van der Waals surface area contributed by atoms with E-state index in [0.717, 1.165) is 33.1 Å². The molecule has 2 heterocycles. The fourth-order valence-corrected chi connectivity index (χ4v) is 4.21. The van der Waals surface area contributed by atoms with Crippen LogP contribution in [0, 0.1) is 0 Å². The van der Waals surface area contributed by atoms with Gasteiger partial charge in [-0.1, -0.05) is 17.4 Å². The number of thiazole rings is 1. The number of thioether (sulfide) groups is 1. The molecular weight excluding hydrogens is 348 g/mol. The molecule has 0 spiro atoms. The van der Waals surface area contributed by atoms with E-state index in [1.165, 1.54) is 22.7 Å². The van der Waals surface area contributed by atoms with E-state index in [-0.39, 0.29) is 5.91 Å². The Balaban J connectivity index is 2.12. The molecule has 1 aromatic carbocycles. The highest BCUT2D eigenvalue weighted by molar-refractivity contribution is 7.98. The molecule has 3 rings (SSSR count). The number of carbonyl (C=O) groups excluding carboxylic acids is 1. The Hall–Kier alpha value is -1.57. The second-order valence-electron chi connectivity index (χ2n) is 4.76. The van der Waals surface area contributed by atoms with Gasteiger partial charge in [0.25, 0.3) is 5.91 Å². The lowest BCUT2D eigenvalue weighted by atomic mass is 10.3. The van der Waals surface area contributed by atoms with Crippen LogP contribution in [0.1, 0.15) is 9.67 Å². The fourth-order valence-electron chi connectivity index (χ4n) is 2.20. The number of nitrogens with zero attached hydrogens (tertiary/aromatic N) is 2. The van der Waals surface area contributed by atoms with E-state index in [4.69, 9.17) is 4.74 Å². The number of ether oxygens (including phenoxy) is 1. The highest BCUT2D eigenvalue weighted by Gasteiger charge is 2.10. The summed E-state index contributed by atoms with van der Waals surface area (Å²) in [6, 6.07) is 9.62. The summed E-state index contributed by atoms with van der Waals surface area (Å²) in [4.78, 5) is 18.1. The first-order chi connectivity index (χ1) is 11.2. The number of thiophene rings is 1. The number of hydrogen-bond acceptors (Lipinski definition) is 5. The fraction of sp³-hybridized carbons (Fsp3) is 0.250. The Kier molecular flexibility index (Phi) is 5.20. The third-order valence-electron chi connectivity index (χ3n) is 3.34. The van der Waals surface area contributed by atoms with Crippen LogP contribution < -0.4 is 9.54 Å². The molecule has 0 aliphatic rings. The first kappa shape index (κ1) is 16.3. The third-order valence-corrected chi connectivity index (χ3v) is 5.85. The number of methoxy groups -OCH3 is 1. The van der Waals surface area contributed by atoms with Crippen LogP contribution in [0.5, 0.6) is 5.75 Å². The molecular formula is C16H16N2O2S3. The van der Waals surface area contributed by atoms with E-state index in [0.29, 0.717) is 4.88 Å². The second-order valence-corrected chi connectivity index (χ2v) is 7.70. The van der Waals surface area contributed by atoms with Gasteiger partial charge in [-0.05, 0) is 29.8 Å². The maximum Gasteiger partial charge on any atom is 0.289 e.